The smallest absolute Gasteiger partial charge is 0.0221 e. The van der Waals surface area contributed by atoms with Crippen LogP contribution in [0.5, 0.6) is 0 Å². The Labute approximate surface area is 107 Å². The van der Waals surface area contributed by atoms with E-state index in [1.807, 2.05) is 0 Å². The lowest BCUT2D eigenvalue weighted by Gasteiger charge is -2.43. The van der Waals surface area contributed by atoms with Crippen LogP contribution < -0.4 is 5.32 Å². The molecule has 1 heterocycles. The van der Waals surface area contributed by atoms with E-state index < -0.39 is 0 Å². The van der Waals surface area contributed by atoms with Crippen molar-refractivity contribution in [1.29, 1.82) is 0 Å². The first-order chi connectivity index (χ1) is 8.20. The van der Waals surface area contributed by atoms with E-state index in [4.69, 9.17) is 0 Å². The van der Waals surface area contributed by atoms with Gasteiger partial charge in [-0.05, 0) is 38.5 Å². The lowest BCUT2D eigenvalue weighted by atomic mass is 9.99. The molecule has 0 aromatic heterocycles. The predicted molar refractivity (Wildman–Crippen MR) is 74.3 cm³/mol. The first-order valence-electron chi connectivity index (χ1n) is 7.69. The van der Waals surface area contributed by atoms with Gasteiger partial charge in [-0.1, -0.05) is 26.7 Å². The van der Waals surface area contributed by atoms with Crippen LogP contribution in [-0.4, -0.2) is 36.1 Å². The molecule has 1 aliphatic heterocycles. The quantitative estimate of drug-likeness (QED) is 0.744. The molecule has 1 N–H and O–H groups in total. The van der Waals surface area contributed by atoms with Crippen LogP contribution in [0.4, 0.5) is 0 Å². The van der Waals surface area contributed by atoms with Crippen molar-refractivity contribution in [2.24, 2.45) is 5.92 Å². The van der Waals surface area contributed by atoms with Gasteiger partial charge in [0.15, 0.2) is 0 Å². The number of piperazine rings is 1. The molecule has 1 saturated heterocycles. The molecule has 100 valence electrons. The molecule has 2 rings (SSSR count). The molecule has 0 aromatic carbocycles. The van der Waals surface area contributed by atoms with E-state index in [2.05, 4.69) is 31.0 Å². The highest BCUT2D eigenvalue weighted by atomic mass is 15.3. The van der Waals surface area contributed by atoms with Crippen molar-refractivity contribution >= 4 is 0 Å². The second-order valence-corrected chi connectivity index (χ2v) is 6.34. The van der Waals surface area contributed by atoms with Gasteiger partial charge in [0.25, 0.3) is 0 Å². The van der Waals surface area contributed by atoms with E-state index in [1.165, 1.54) is 51.6 Å². The summed E-state index contributed by atoms with van der Waals surface area (Å²) in [5.41, 5.74) is 0. The van der Waals surface area contributed by atoms with Crippen molar-refractivity contribution in [2.45, 2.75) is 77.4 Å². The Kier molecular flexibility index (Phi) is 4.87. The Morgan fingerprint density at radius 1 is 1.12 bits per heavy atom. The average molecular weight is 238 g/mol. The zero-order valence-electron chi connectivity index (χ0n) is 11.9. The van der Waals surface area contributed by atoms with Crippen LogP contribution in [0.1, 0.15) is 59.3 Å². The molecule has 1 aliphatic carbocycles. The van der Waals surface area contributed by atoms with Crippen molar-refractivity contribution < 1.29 is 0 Å². The zero-order chi connectivity index (χ0) is 12.3. The van der Waals surface area contributed by atoms with Crippen molar-refractivity contribution in [3.8, 4) is 0 Å². The van der Waals surface area contributed by atoms with Gasteiger partial charge in [-0.2, -0.15) is 0 Å². The molecule has 2 aliphatic rings. The largest absolute Gasteiger partial charge is 0.311 e. The van der Waals surface area contributed by atoms with Crippen LogP contribution in [0.25, 0.3) is 0 Å². The molecule has 0 amide bonds. The summed E-state index contributed by atoms with van der Waals surface area (Å²) in [6.45, 7) is 9.56. The summed E-state index contributed by atoms with van der Waals surface area (Å²) in [5.74, 6) is 0.959. The molecule has 4 atom stereocenters. The van der Waals surface area contributed by atoms with Gasteiger partial charge in [0.1, 0.15) is 0 Å². The van der Waals surface area contributed by atoms with Crippen molar-refractivity contribution in [3.63, 3.8) is 0 Å². The molecule has 2 fully saturated rings. The number of nitrogens with zero attached hydrogens (tertiary/aromatic N) is 1. The summed E-state index contributed by atoms with van der Waals surface area (Å²) in [5, 5.41) is 3.63. The monoisotopic (exact) mass is 238 g/mol. The molecule has 0 aromatic rings. The van der Waals surface area contributed by atoms with Crippen LogP contribution in [0, 0.1) is 5.92 Å². The maximum absolute atomic E-state index is 3.63. The SMILES string of the molecule is CCC1CNC(C)CN1C1CCCC(C)CC1. The van der Waals surface area contributed by atoms with E-state index in [9.17, 15) is 0 Å². The molecule has 1 saturated carbocycles. The minimum atomic E-state index is 0.679. The second-order valence-electron chi connectivity index (χ2n) is 6.34. The van der Waals surface area contributed by atoms with Crippen molar-refractivity contribution in [1.82, 2.24) is 10.2 Å². The highest BCUT2D eigenvalue weighted by molar-refractivity contribution is 4.88. The van der Waals surface area contributed by atoms with Crippen LogP contribution in [0.15, 0.2) is 0 Å². The van der Waals surface area contributed by atoms with E-state index in [0.29, 0.717) is 6.04 Å². The topological polar surface area (TPSA) is 15.3 Å². The standard InChI is InChI=1S/C15H30N2/c1-4-14-10-16-13(3)11-17(14)15-7-5-6-12(2)8-9-15/h12-16H,4-11H2,1-3H3. The summed E-state index contributed by atoms with van der Waals surface area (Å²) in [4.78, 5) is 2.83. The van der Waals surface area contributed by atoms with E-state index >= 15 is 0 Å². The van der Waals surface area contributed by atoms with Gasteiger partial charge in [-0.3, -0.25) is 4.90 Å². The summed E-state index contributed by atoms with van der Waals surface area (Å²) in [6, 6.07) is 2.33. The third-order valence-electron chi connectivity index (χ3n) is 4.82. The highest BCUT2D eigenvalue weighted by Gasteiger charge is 2.31. The third kappa shape index (κ3) is 3.45. The lowest BCUT2D eigenvalue weighted by Crippen LogP contribution is -2.58. The molecule has 2 heteroatoms. The normalized spacial score (nSPS) is 41.1. The Balaban J connectivity index is 1.97. The minimum absolute atomic E-state index is 0.679. The van der Waals surface area contributed by atoms with Gasteiger partial charge in [0.2, 0.25) is 0 Å². The van der Waals surface area contributed by atoms with Gasteiger partial charge in [0.05, 0.1) is 0 Å². The van der Waals surface area contributed by atoms with Crippen molar-refractivity contribution in [3.05, 3.63) is 0 Å². The lowest BCUT2D eigenvalue weighted by molar-refractivity contribution is 0.0740. The van der Waals surface area contributed by atoms with Gasteiger partial charge in [0, 0.05) is 31.2 Å². The molecule has 4 unspecified atom stereocenters. The molecule has 0 bridgehead atoms. The zero-order valence-corrected chi connectivity index (χ0v) is 11.9. The second kappa shape index (κ2) is 6.19. The van der Waals surface area contributed by atoms with Gasteiger partial charge in [-0.15, -0.1) is 0 Å². The van der Waals surface area contributed by atoms with Crippen molar-refractivity contribution in [2.75, 3.05) is 13.1 Å². The van der Waals surface area contributed by atoms with Crippen LogP contribution >= 0.6 is 0 Å². The Morgan fingerprint density at radius 3 is 2.71 bits per heavy atom. The fourth-order valence-electron chi connectivity index (χ4n) is 3.61. The first kappa shape index (κ1) is 13.4. The molecular weight excluding hydrogens is 208 g/mol. The fourth-order valence-corrected chi connectivity index (χ4v) is 3.61. The summed E-state index contributed by atoms with van der Waals surface area (Å²) >= 11 is 0. The summed E-state index contributed by atoms with van der Waals surface area (Å²) in [6.07, 6.45) is 8.51. The molecule has 0 radical (unpaired) electrons. The maximum Gasteiger partial charge on any atom is 0.0221 e. The Hall–Kier alpha value is -0.0800. The number of rotatable bonds is 2. The minimum Gasteiger partial charge on any atom is -0.311 e. The van der Waals surface area contributed by atoms with E-state index in [0.717, 1.165) is 18.0 Å². The molecular formula is C15H30N2. The average Bonchev–Trinajstić information content (AvgIpc) is 2.54. The number of nitrogens with one attached hydrogen (secondary N) is 1. The van der Waals surface area contributed by atoms with Gasteiger partial charge < -0.3 is 5.32 Å². The number of hydrogen-bond acceptors (Lipinski definition) is 2. The number of hydrogen-bond donors (Lipinski definition) is 1. The van der Waals surface area contributed by atoms with Gasteiger partial charge >= 0.3 is 0 Å². The maximum atomic E-state index is 3.63. The molecule has 2 nitrogen and oxygen atoms in total. The Morgan fingerprint density at radius 2 is 1.94 bits per heavy atom. The fraction of sp³-hybridized carbons (Fsp3) is 1.00. The highest BCUT2D eigenvalue weighted by Crippen LogP contribution is 2.28. The Bertz CT molecular complexity index is 229. The van der Waals surface area contributed by atoms with Crippen LogP contribution in [0.2, 0.25) is 0 Å². The summed E-state index contributed by atoms with van der Waals surface area (Å²) in [7, 11) is 0. The van der Waals surface area contributed by atoms with Crippen LogP contribution in [-0.2, 0) is 0 Å². The van der Waals surface area contributed by atoms with E-state index in [1.54, 1.807) is 0 Å². The molecule has 0 spiro atoms. The third-order valence-corrected chi connectivity index (χ3v) is 4.82. The van der Waals surface area contributed by atoms with E-state index in [-0.39, 0.29) is 0 Å². The van der Waals surface area contributed by atoms with Crippen LogP contribution in [0.3, 0.4) is 0 Å². The first-order valence-corrected chi connectivity index (χ1v) is 7.69. The summed E-state index contributed by atoms with van der Waals surface area (Å²) < 4.78 is 0. The molecule has 17 heavy (non-hydrogen) atoms. The van der Waals surface area contributed by atoms with Gasteiger partial charge in [-0.25, -0.2) is 0 Å². The predicted octanol–water partition coefficient (Wildman–Crippen LogP) is 3.03.